The van der Waals surface area contributed by atoms with Crippen LogP contribution >= 0.6 is 11.6 Å². The lowest BCUT2D eigenvalue weighted by Gasteiger charge is -1.98. The first-order valence-corrected chi connectivity index (χ1v) is 4.57. The Morgan fingerprint density at radius 2 is 1.85 bits per heavy atom. The Balaban J connectivity index is 0.000000671. The van der Waals surface area contributed by atoms with Crippen LogP contribution in [0.4, 0.5) is 0 Å². The van der Waals surface area contributed by atoms with Crippen LogP contribution in [-0.2, 0) is 0 Å². The predicted molar refractivity (Wildman–Crippen MR) is 56.9 cm³/mol. The van der Waals surface area contributed by atoms with E-state index in [0.29, 0.717) is 6.61 Å². The number of hydrogen-bond donors (Lipinski definition) is 0. The van der Waals surface area contributed by atoms with E-state index in [2.05, 4.69) is 11.3 Å². The minimum absolute atomic E-state index is 0.341. The first-order chi connectivity index (χ1) is 6.43. The Labute approximate surface area is 84.7 Å². The van der Waals surface area contributed by atoms with Crippen LogP contribution in [0.1, 0.15) is 13.8 Å². The molecule has 1 rings (SSSR count). The lowest BCUT2D eigenvalue weighted by molar-refractivity contribution is 0.370. The zero-order valence-corrected chi connectivity index (χ0v) is 8.64. The number of rotatable bonds is 2. The molecule has 0 heterocycles. The van der Waals surface area contributed by atoms with Gasteiger partial charge in [-0.1, -0.05) is 32.0 Å². The van der Waals surface area contributed by atoms with Crippen molar-refractivity contribution >= 4 is 11.6 Å². The van der Waals surface area contributed by atoms with Crippen molar-refractivity contribution in [3.05, 3.63) is 30.3 Å². The van der Waals surface area contributed by atoms with Gasteiger partial charge in [-0.25, -0.2) is 0 Å². The van der Waals surface area contributed by atoms with Crippen molar-refractivity contribution < 1.29 is 4.74 Å². The molecule has 0 saturated heterocycles. The molecule has 0 aliphatic carbocycles. The molecule has 1 aromatic rings. The van der Waals surface area contributed by atoms with Gasteiger partial charge in [0.05, 0.1) is 0 Å². The number of para-hydroxylation sites is 1. The SMILES string of the molecule is CC.ClC#CCOc1ccccc1. The van der Waals surface area contributed by atoms with Crippen LogP contribution < -0.4 is 4.74 Å². The van der Waals surface area contributed by atoms with Crippen LogP contribution in [0.25, 0.3) is 0 Å². The van der Waals surface area contributed by atoms with Crippen LogP contribution in [0, 0.1) is 11.3 Å². The second kappa shape index (κ2) is 8.96. The topological polar surface area (TPSA) is 9.23 Å². The molecule has 1 aromatic carbocycles. The molecule has 1 nitrogen and oxygen atoms in total. The molecular formula is C11H13ClO. The van der Waals surface area contributed by atoms with Gasteiger partial charge in [0.25, 0.3) is 0 Å². The van der Waals surface area contributed by atoms with Gasteiger partial charge in [-0.15, -0.1) is 0 Å². The summed E-state index contributed by atoms with van der Waals surface area (Å²) in [5.41, 5.74) is 0. The molecule has 0 aromatic heterocycles. The van der Waals surface area contributed by atoms with Crippen molar-refractivity contribution in [2.75, 3.05) is 6.61 Å². The molecule has 0 amide bonds. The summed E-state index contributed by atoms with van der Waals surface area (Å²) in [4.78, 5) is 0. The van der Waals surface area contributed by atoms with Crippen LogP contribution in [0.3, 0.4) is 0 Å². The maximum absolute atomic E-state index is 5.19. The number of ether oxygens (including phenoxy) is 1. The Morgan fingerprint density at radius 3 is 2.38 bits per heavy atom. The largest absolute Gasteiger partial charge is 0.481 e. The summed E-state index contributed by atoms with van der Waals surface area (Å²) < 4.78 is 5.19. The van der Waals surface area contributed by atoms with E-state index in [1.54, 1.807) is 0 Å². The fraction of sp³-hybridized carbons (Fsp3) is 0.273. The lowest BCUT2D eigenvalue weighted by atomic mass is 10.3. The third-order valence-corrected chi connectivity index (χ3v) is 1.25. The number of hydrogen-bond acceptors (Lipinski definition) is 1. The summed E-state index contributed by atoms with van der Waals surface area (Å²) in [6, 6.07) is 9.48. The van der Waals surface area contributed by atoms with Crippen molar-refractivity contribution in [2.45, 2.75) is 13.8 Å². The Bertz CT molecular complexity index is 258. The second-order valence-corrected chi connectivity index (χ2v) is 2.06. The molecule has 0 aliphatic heterocycles. The Hall–Kier alpha value is -1.13. The van der Waals surface area contributed by atoms with E-state index in [9.17, 15) is 0 Å². The molecular weight excluding hydrogens is 184 g/mol. The van der Waals surface area contributed by atoms with E-state index in [0.717, 1.165) is 5.75 Å². The van der Waals surface area contributed by atoms with Gasteiger partial charge in [0, 0.05) is 5.38 Å². The molecule has 0 saturated carbocycles. The van der Waals surface area contributed by atoms with Gasteiger partial charge in [-0.3, -0.25) is 0 Å². The van der Waals surface area contributed by atoms with Gasteiger partial charge < -0.3 is 4.74 Å². The molecule has 0 bridgehead atoms. The second-order valence-electron chi connectivity index (χ2n) is 1.87. The zero-order valence-electron chi connectivity index (χ0n) is 7.88. The summed E-state index contributed by atoms with van der Waals surface area (Å²) >= 11 is 5.13. The molecule has 2 heteroatoms. The number of benzene rings is 1. The highest BCUT2D eigenvalue weighted by molar-refractivity contribution is 6.30. The molecule has 13 heavy (non-hydrogen) atoms. The van der Waals surface area contributed by atoms with Crippen LogP contribution in [0.15, 0.2) is 30.3 Å². The Kier molecular flexibility index (Phi) is 8.18. The standard InChI is InChI=1S/C9H7ClO.C2H6/c10-7-4-8-11-9-5-2-1-3-6-9;1-2/h1-3,5-6H,8H2;1-2H3. The maximum atomic E-state index is 5.19. The average Bonchev–Trinajstić information content (AvgIpc) is 2.23. The third kappa shape index (κ3) is 6.07. The van der Waals surface area contributed by atoms with E-state index in [-0.39, 0.29) is 0 Å². The van der Waals surface area contributed by atoms with Crippen LogP contribution in [-0.4, -0.2) is 6.61 Å². The molecule has 0 atom stereocenters. The van der Waals surface area contributed by atoms with E-state index < -0.39 is 0 Å². The van der Waals surface area contributed by atoms with E-state index in [4.69, 9.17) is 16.3 Å². The van der Waals surface area contributed by atoms with E-state index in [1.807, 2.05) is 44.2 Å². The van der Waals surface area contributed by atoms with E-state index >= 15 is 0 Å². The highest BCUT2D eigenvalue weighted by Crippen LogP contribution is 2.07. The summed E-state index contributed by atoms with van der Waals surface area (Å²) in [5.74, 6) is 3.40. The fourth-order valence-electron chi connectivity index (χ4n) is 0.663. The van der Waals surface area contributed by atoms with Crippen molar-refractivity contribution in [3.8, 4) is 17.0 Å². The van der Waals surface area contributed by atoms with Gasteiger partial charge in [0.2, 0.25) is 0 Å². The fourth-order valence-corrected chi connectivity index (χ4v) is 0.718. The molecule has 0 aliphatic rings. The minimum Gasteiger partial charge on any atom is -0.481 e. The van der Waals surface area contributed by atoms with Crippen molar-refractivity contribution in [1.29, 1.82) is 0 Å². The van der Waals surface area contributed by atoms with Crippen molar-refractivity contribution in [3.63, 3.8) is 0 Å². The highest BCUT2D eigenvalue weighted by Gasteiger charge is 1.85. The quantitative estimate of drug-likeness (QED) is 0.660. The molecule has 0 spiro atoms. The summed E-state index contributed by atoms with van der Waals surface area (Å²) in [7, 11) is 0. The van der Waals surface area contributed by atoms with Gasteiger partial charge in [0.15, 0.2) is 0 Å². The molecule has 0 unspecified atom stereocenters. The summed E-state index contributed by atoms with van der Waals surface area (Å²) in [5, 5.41) is 2.24. The smallest absolute Gasteiger partial charge is 0.150 e. The van der Waals surface area contributed by atoms with Gasteiger partial charge in [0.1, 0.15) is 12.4 Å². The average molecular weight is 197 g/mol. The predicted octanol–water partition coefficient (Wildman–Crippen LogP) is 3.29. The van der Waals surface area contributed by atoms with Gasteiger partial charge >= 0.3 is 0 Å². The third-order valence-electron chi connectivity index (χ3n) is 1.12. The molecule has 0 N–H and O–H groups in total. The van der Waals surface area contributed by atoms with Gasteiger partial charge in [-0.05, 0) is 29.7 Å². The van der Waals surface area contributed by atoms with E-state index in [1.165, 1.54) is 0 Å². The maximum Gasteiger partial charge on any atom is 0.150 e. The molecule has 0 radical (unpaired) electrons. The highest BCUT2D eigenvalue weighted by atomic mass is 35.5. The normalized spacial score (nSPS) is 7.31. The van der Waals surface area contributed by atoms with Crippen molar-refractivity contribution in [1.82, 2.24) is 0 Å². The zero-order chi connectivity index (χ0) is 9.94. The Morgan fingerprint density at radius 1 is 1.23 bits per heavy atom. The minimum atomic E-state index is 0.341. The number of halogens is 1. The van der Waals surface area contributed by atoms with Crippen molar-refractivity contribution in [2.24, 2.45) is 0 Å². The summed E-state index contributed by atoms with van der Waals surface area (Å²) in [6.07, 6.45) is 0. The first kappa shape index (κ1) is 11.9. The summed E-state index contributed by atoms with van der Waals surface area (Å²) in [6.45, 7) is 4.34. The monoisotopic (exact) mass is 196 g/mol. The lowest BCUT2D eigenvalue weighted by Crippen LogP contribution is -1.92. The molecule has 70 valence electrons. The van der Waals surface area contributed by atoms with Crippen LogP contribution in [0.2, 0.25) is 0 Å². The van der Waals surface area contributed by atoms with Gasteiger partial charge in [-0.2, -0.15) is 0 Å². The first-order valence-electron chi connectivity index (χ1n) is 4.20. The molecule has 0 fully saturated rings. The van der Waals surface area contributed by atoms with Crippen LogP contribution in [0.5, 0.6) is 5.75 Å².